The number of hydrogen-bond donors (Lipinski definition) is 1. The summed E-state index contributed by atoms with van der Waals surface area (Å²) in [6.07, 6.45) is 6.79. The number of likely N-dealkylation sites (tertiary alicyclic amines) is 1. The molecule has 0 radical (unpaired) electrons. The van der Waals surface area contributed by atoms with Crippen LogP contribution in [0.3, 0.4) is 0 Å². The molecule has 1 saturated heterocycles. The molecule has 2 amide bonds. The second-order valence-electron chi connectivity index (χ2n) is 6.30. The van der Waals surface area contributed by atoms with Gasteiger partial charge in [-0.05, 0) is 12.8 Å². The third-order valence-corrected chi connectivity index (χ3v) is 5.43. The van der Waals surface area contributed by atoms with Gasteiger partial charge in [0, 0.05) is 38.5 Å². The van der Waals surface area contributed by atoms with Gasteiger partial charge >= 0.3 is 0 Å². The summed E-state index contributed by atoms with van der Waals surface area (Å²) < 4.78 is 0. The number of aromatic nitrogens is 1. The molecule has 22 heavy (non-hydrogen) atoms. The van der Waals surface area contributed by atoms with E-state index in [0.717, 1.165) is 19.4 Å². The van der Waals surface area contributed by atoms with Crippen LogP contribution in [0.15, 0.2) is 6.20 Å². The molecule has 3 rings (SSSR count). The molecule has 2 fully saturated rings. The van der Waals surface area contributed by atoms with Crippen molar-refractivity contribution in [3.63, 3.8) is 0 Å². The lowest BCUT2D eigenvalue weighted by molar-refractivity contribution is -0.129. The minimum atomic E-state index is -0.0686. The van der Waals surface area contributed by atoms with Crippen LogP contribution < -0.4 is 5.73 Å². The Balaban J connectivity index is 1.57. The number of carbonyl (C=O) groups is 2. The van der Waals surface area contributed by atoms with E-state index >= 15 is 0 Å². The molecule has 1 aromatic heterocycles. The highest BCUT2D eigenvalue weighted by atomic mass is 32.1. The van der Waals surface area contributed by atoms with E-state index in [1.54, 1.807) is 11.9 Å². The molecular formula is C15H22N4O2S. The first-order chi connectivity index (χ1) is 10.5. The normalized spacial score (nSPS) is 22.5. The van der Waals surface area contributed by atoms with Gasteiger partial charge in [-0.2, -0.15) is 0 Å². The maximum atomic E-state index is 12.3. The molecule has 6 nitrogen and oxygen atoms in total. The Morgan fingerprint density at radius 1 is 1.50 bits per heavy atom. The van der Waals surface area contributed by atoms with Crippen molar-refractivity contribution < 1.29 is 9.59 Å². The number of nitrogens with two attached hydrogens (primary N) is 1. The monoisotopic (exact) mass is 322 g/mol. The predicted molar refractivity (Wildman–Crippen MR) is 85.6 cm³/mol. The van der Waals surface area contributed by atoms with Gasteiger partial charge in [-0.3, -0.25) is 9.59 Å². The van der Waals surface area contributed by atoms with Crippen LogP contribution in [0.4, 0.5) is 5.13 Å². The fourth-order valence-electron chi connectivity index (χ4n) is 3.54. The lowest BCUT2D eigenvalue weighted by Gasteiger charge is -2.25. The molecule has 1 aliphatic heterocycles. The number of nitrogen functional groups attached to an aromatic ring is 1. The topological polar surface area (TPSA) is 79.5 Å². The van der Waals surface area contributed by atoms with E-state index < -0.39 is 0 Å². The Labute approximate surface area is 134 Å². The third kappa shape index (κ3) is 3.09. The van der Waals surface area contributed by atoms with E-state index in [9.17, 15) is 9.59 Å². The van der Waals surface area contributed by atoms with Gasteiger partial charge in [0.15, 0.2) is 5.13 Å². The third-order valence-electron chi connectivity index (χ3n) is 4.62. The van der Waals surface area contributed by atoms with Gasteiger partial charge in [0.1, 0.15) is 4.88 Å². The van der Waals surface area contributed by atoms with E-state index in [1.807, 2.05) is 4.90 Å². The van der Waals surface area contributed by atoms with Crippen molar-refractivity contribution in [2.75, 3.05) is 25.9 Å². The van der Waals surface area contributed by atoms with Gasteiger partial charge in [0.25, 0.3) is 5.91 Å². The summed E-state index contributed by atoms with van der Waals surface area (Å²) in [5.74, 6) is 0.410. The maximum Gasteiger partial charge on any atom is 0.265 e. The summed E-state index contributed by atoms with van der Waals surface area (Å²) in [7, 11) is 1.78. The van der Waals surface area contributed by atoms with Crippen molar-refractivity contribution in [1.29, 1.82) is 0 Å². The van der Waals surface area contributed by atoms with Gasteiger partial charge in [-0.25, -0.2) is 4.98 Å². The van der Waals surface area contributed by atoms with Crippen molar-refractivity contribution in [2.45, 2.75) is 38.1 Å². The van der Waals surface area contributed by atoms with Gasteiger partial charge in [0.05, 0.1) is 6.20 Å². The molecule has 0 unspecified atom stereocenters. The van der Waals surface area contributed by atoms with Gasteiger partial charge in [-0.15, -0.1) is 0 Å². The Kier molecular flexibility index (Phi) is 4.33. The summed E-state index contributed by atoms with van der Waals surface area (Å²) in [4.78, 5) is 32.7. The van der Waals surface area contributed by atoms with Gasteiger partial charge in [-0.1, -0.05) is 24.2 Å². The lowest BCUT2D eigenvalue weighted by Crippen LogP contribution is -2.36. The van der Waals surface area contributed by atoms with Crippen LogP contribution in [-0.2, 0) is 4.79 Å². The quantitative estimate of drug-likeness (QED) is 0.913. The molecule has 1 aliphatic carbocycles. The second kappa shape index (κ2) is 6.24. The average molecular weight is 322 g/mol. The summed E-state index contributed by atoms with van der Waals surface area (Å²) >= 11 is 1.20. The highest BCUT2D eigenvalue weighted by Gasteiger charge is 2.36. The van der Waals surface area contributed by atoms with E-state index in [-0.39, 0.29) is 17.7 Å². The molecule has 0 spiro atoms. The van der Waals surface area contributed by atoms with Crippen molar-refractivity contribution >= 4 is 28.3 Å². The SMILES string of the molecule is CN(C[C@H]1CC(=O)N(C2CCCC2)C1)C(=O)c1cnc(N)s1. The summed E-state index contributed by atoms with van der Waals surface area (Å²) in [6.45, 7) is 1.39. The largest absolute Gasteiger partial charge is 0.375 e. The highest BCUT2D eigenvalue weighted by molar-refractivity contribution is 7.17. The van der Waals surface area contributed by atoms with Crippen molar-refractivity contribution in [3.8, 4) is 0 Å². The van der Waals surface area contributed by atoms with Gasteiger partial charge < -0.3 is 15.5 Å². The summed E-state index contributed by atoms with van der Waals surface area (Å²) in [6, 6.07) is 0.430. The number of hydrogen-bond acceptors (Lipinski definition) is 5. The molecule has 0 bridgehead atoms. The smallest absolute Gasteiger partial charge is 0.265 e. The molecule has 1 aromatic rings. The van der Waals surface area contributed by atoms with Crippen LogP contribution in [0.2, 0.25) is 0 Å². The first-order valence-electron chi connectivity index (χ1n) is 7.81. The van der Waals surface area contributed by atoms with E-state index in [1.165, 1.54) is 30.4 Å². The van der Waals surface area contributed by atoms with Crippen molar-refractivity contribution in [2.24, 2.45) is 5.92 Å². The minimum Gasteiger partial charge on any atom is -0.375 e. The zero-order valence-electron chi connectivity index (χ0n) is 12.8. The Bertz CT molecular complexity index is 568. The van der Waals surface area contributed by atoms with E-state index in [0.29, 0.717) is 29.0 Å². The number of nitrogens with zero attached hydrogens (tertiary/aromatic N) is 3. The van der Waals surface area contributed by atoms with Crippen LogP contribution in [0.1, 0.15) is 41.8 Å². The van der Waals surface area contributed by atoms with Crippen LogP contribution in [0.5, 0.6) is 0 Å². The molecule has 1 atom stereocenters. The first kappa shape index (κ1) is 15.3. The first-order valence-corrected chi connectivity index (χ1v) is 8.62. The fraction of sp³-hybridized carbons (Fsp3) is 0.667. The minimum absolute atomic E-state index is 0.0686. The second-order valence-corrected chi connectivity index (χ2v) is 7.37. The number of thiazole rings is 1. The zero-order valence-corrected chi connectivity index (χ0v) is 13.6. The molecule has 120 valence electrons. The molecule has 7 heteroatoms. The van der Waals surface area contributed by atoms with E-state index in [2.05, 4.69) is 4.98 Å². The molecule has 2 aliphatic rings. The van der Waals surface area contributed by atoms with Crippen LogP contribution >= 0.6 is 11.3 Å². The standard InChI is InChI=1S/C15H22N4O2S/c1-18(14(21)12-7-17-15(16)22-12)8-10-6-13(20)19(9-10)11-4-2-3-5-11/h7,10-11H,2-6,8-9H2,1H3,(H2,16,17)/t10-/m1/s1. The predicted octanol–water partition coefficient (Wildman–Crippen LogP) is 1.59. The molecular weight excluding hydrogens is 300 g/mol. The van der Waals surface area contributed by atoms with Crippen molar-refractivity contribution in [1.82, 2.24) is 14.8 Å². The Hall–Kier alpha value is -1.63. The Morgan fingerprint density at radius 3 is 2.86 bits per heavy atom. The molecule has 0 aromatic carbocycles. The number of carbonyl (C=O) groups excluding carboxylic acids is 2. The maximum absolute atomic E-state index is 12.3. The van der Waals surface area contributed by atoms with E-state index in [4.69, 9.17) is 5.73 Å². The van der Waals surface area contributed by atoms with Crippen LogP contribution in [0.25, 0.3) is 0 Å². The number of rotatable bonds is 4. The number of amides is 2. The van der Waals surface area contributed by atoms with Crippen LogP contribution in [0, 0.1) is 5.92 Å². The number of anilines is 1. The zero-order chi connectivity index (χ0) is 15.7. The summed E-state index contributed by atoms with van der Waals surface area (Å²) in [5, 5.41) is 0.403. The van der Waals surface area contributed by atoms with Gasteiger partial charge in [0.2, 0.25) is 5.91 Å². The van der Waals surface area contributed by atoms with Crippen molar-refractivity contribution in [3.05, 3.63) is 11.1 Å². The average Bonchev–Trinajstić information content (AvgIpc) is 3.19. The molecule has 1 saturated carbocycles. The fourth-order valence-corrected chi connectivity index (χ4v) is 4.22. The lowest BCUT2D eigenvalue weighted by atomic mass is 10.1. The summed E-state index contributed by atoms with van der Waals surface area (Å²) in [5.41, 5.74) is 5.57. The molecule has 2 N–H and O–H groups in total. The molecule has 2 heterocycles. The Morgan fingerprint density at radius 2 is 2.23 bits per heavy atom. The van der Waals surface area contributed by atoms with Crippen LogP contribution in [-0.4, -0.2) is 52.8 Å². The highest BCUT2D eigenvalue weighted by Crippen LogP contribution is 2.30.